The first kappa shape index (κ1) is 17.6. The number of carbonyl (C=O) groups is 2. The predicted molar refractivity (Wildman–Crippen MR) is 87.6 cm³/mol. The van der Waals surface area contributed by atoms with Gasteiger partial charge in [-0.3, -0.25) is 9.59 Å². The molecule has 0 aromatic heterocycles. The maximum Gasteiger partial charge on any atom is 0.246 e. The Labute approximate surface area is 138 Å². The lowest BCUT2D eigenvalue weighted by Crippen LogP contribution is -2.44. The summed E-state index contributed by atoms with van der Waals surface area (Å²) in [5.41, 5.74) is 6.12. The summed E-state index contributed by atoms with van der Waals surface area (Å²) in [6, 6.07) is 11.7. The minimum absolute atomic E-state index is 0.187. The van der Waals surface area contributed by atoms with Crippen molar-refractivity contribution in [2.24, 2.45) is 5.73 Å². The molecule has 0 bridgehead atoms. The molecule has 126 valence electrons. The number of likely N-dealkylation sites (N-methyl/N-ethyl adjacent to an activating group) is 1. The van der Waals surface area contributed by atoms with Crippen molar-refractivity contribution in [1.29, 1.82) is 0 Å². The number of hydrogen-bond acceptors (Lipinski definition) is 3. The number of para-hydroxylation sites is 1. The molecule has 0 fully saturated rings. The molecule has 2 amide bonds. The summed E-state index contributed by atoms with van der Waals surface area (Å²) in [6.07, 6.45) is 0. The summed E-state index contributed by atoms with van der Waals surface area (Å²) in [6.45, 7) is -0.521. The Hall–Kier alpha value is -2.80. The van der Waals surface area contributed by atoms with Crippen molar-refractivity contribution in [3.05, 3.63) is 60.2 Å². The van der Waals surface area contributed by atoms with Crippen molar-refractivity contribution in [2.45, 2.75) is 0 Å². The number of nitrogens with zero attached hydrogens (tertiary/aromatic N) is 2. The molecule has 0 atom stereocenters. The molecule has 2 rings (SSSR count). The zero-order chi connectivity index (χ0) is 17.7. The highest BCUT2D eigenvalue weighted by atomic mass is 19.2. The zero-order valence-corrected chi connectivity index (χ0v) is 13.1. The minimum Gasteiger partial charge on any atom is -0.322 e. The Morgan fingerprint density at radius 2 is 1.62 bits per heavy atom. The minimum atomic E-state index is -1.05. The van der Waals surface area contributed by atoms with Gasteiger partial charge in [0, 0.05) is 24.5 Å². The van der Waals surface area contributed by atoms with Crippen LogP contribution in [0.2, 0.25) is 0 Å². The molecule has 0 aliphatic rings. The first-order chi connectivity index (χ1) is 11.4. The molecule has 0 unspecified atom stereocenters. The lowest BCUT2D eigenvalue weighted by atomic mass is 10.2. The Morgan fingerprint density at radius 1 is 0.958 bits per heavy atom. The van der Waals surface area contributed by atoms with E-state index in [9.17, 15) is 18.4 Å². The SMILES string of the molecule is CN(C(=O)CN(C(=O)CN)c1ccccc1)c1ccc(F)c(F)c1. The fraction of sp³-hybridized carbons (Fsp3) is 0.176. The maximum absolute atomic E-state index is 13.3. The fourth-order valence-electron chi connectivity index (χ4n) is 2.12. The summed E-state index contributed by atoms with van der Waals surface area (Å²) < 4.78 is 26.3. The van der Waals surface area contributed by atoms with Crippen LogP contribution in [0.5, 0.6) is 0 Å². The van der Waals surface area contributed by atoms with Gasteiger partial charge in [0.15, 0.2) is 11.6 Å². The first-order valence-corrected chi connectivity index (χ1v) is 7.21. The largest absolute Gasteiger partial charge is 0.322 e. The van der Waals surface area contributed by atoms with Crippen molar-refractivity contribution in [2.75, 3.05) is 29.9 Å². The van der Waals surface area contributed by atoms with E-state index in [1.54, 1.807) is 30.3 Å². The highest BCUT2D eigenvalue weighted by molar-refractivity contribution is 6.03. The average molecular weight is 333 g/mol. The zero-order valence-electron chi connectivity index (χ0n) is 13.1. The van der Waals surface area contributed by atoms with Crippen LogP contribution in [0.15, 0.2) is 48.5 Å². The van der Waals surface area contributed by atoms with E-state index >= 15 is 0 Å². The Balaban J connectivity index is 2.20. The molecule has 24 heavy (non-hydrogen) atoms. The maximum atomic E-state index is 13.3. The fourth-order valence-corrected chi connectivity index (χ4v) is 2.12. The summed E-state index contributed by atoms with van der Waals surface area (Å²) in [4.78, 5) is 26.8. The van der Waals surface area contributed by atoms with Crippen LogP contribution in [0.1, 0.15) is 0 Å². The average Bonchev–Trinajstić information content (AvgIpc) is 2.61. The highest BCUT2D eigenvalue weighted by Gasteiger charge is 2.21. The predicted octanol–water partition coefficient (Wildman–Crippen LogP) is 1.92. The van der Waals surface area contributed by atoms with E-state index in [1.807, 2.05) is 0 Å². The van der Waals surface area contributed by atoms with Gasteiger partial charge in [-0.15, -0.1) is 0 Å². The highest BCUT2D eigenvalue weighted by Crippen LogP contribution is 2.18. The van der Waals surface area contributed by atoms with Gasteiger partial charge in [-0.1, -0.05) is 18.2 Å². The second-order valence-electron chi connectivity index (χ2n) is 5.07. The second kappa shape index (κ2) is 7.65. The molecule has 0 aliphatic heterocycles. The van der Waals surface area contributed by atoms with Gasteiger partial charge in [-0.25, -0.2) is 8.78 Å². The third-order valence-corrected chi connectivity index (χ3v) is 3.50. The molecule has 0 saturated carbocycles. The Kier molecular flexibility index (Phi) is 5.59. The smallest absolute Gasteiger partial charge is 0.246 e. The molecule has 2 N–H and O–H groups in total. The molecule has 0 spiro atoms. The van der Waals surface area contributed by atoms with E-state index in [0.717, 1.165) is 17.0 Å². The van der Waals surface area contributed by atoms with Crippen molar-refractivity contribution in [3.8, 4) is 0 Å². The van der Waals surface area contributed by atoms with Crippen LogP contribution in [-0.2, 0) is 9.59 Å². The Morgan fingerprint density at radius 3 is 2.21 bits per heavy atom. The van der Waals surface area contributed by atoms with Crippen LogP contribution < -0.4 is 15.5 Å². The van der Waals surface area contributed by atoms with E-state index in [-0.39, 0.29) is 18.8 Å². The van der Waals surface area contributed by atoms with Gasteiger partial charge in [0.1, 0.15) is 6.54 Å². The van der Waals surface area contributed by atoms with Gasteiger partial charge in [0.05, 0.1) is 6.54 Å². The van der Waals surface area contributed by atoms with Crippen LogP contribution in [0.25, 0.3) is 0 Å². The monoisotopic (exact) mass is 333 g/mol. The first-order valence-electron chi connectivity index (χ1n) is 7.21. The van der Waals surface area contributed by atoms with Crippen LogP contribution in [0, 0.1) is 11.6 Å². The van der Waals surface area contributed by atoms with Gasteiger partial charge in [-0.05, 0) is 24.3 Å². The summed E-state index contributed by atoms with van der Waals surface area (Å²) in [7, 11) is 1.42. The summed E-state index contributed by atoms with van der Waals surface area (Å²) >= 11 is 0. The number of nitrogens with two attached hydrogens (primary N) is 1. The number of benzene rings is 2. The number of anilines is 2. The van der Waals surface area contributed by atoms with E-state index < -0.39 is 23.4 Å². The lowest BCUT2D eigenvalue weighted by Gasteiger charge is -2.25. The van der Waals surface area contributed by atoms with Gasteiger partial charge in [0.25, 0.3) is 0 Å². The van der Waals surface area contributed by atoms with Crippen LogP contribution in [-0.4, -0.2) is 32.0 Å². The third-order valence-electron chi connectivity index (χ3n) is 3.50. The lowest BCUT2D eigenvalue weighted by molar-refractivity contribution is -0.121. The molecule has 0 saturated heterocycles. The van der Waals surface area contributed by atoms with Crippen LogP contribution >= 0.6 is 0 Å². The van der Waals surface area contributed by atoms with Crippen molar-refractivity contribution < 1.29 is 18.4 Å². The van der Waals surface area contributed by atoms with E-state index in [4.69, 9.17) is 5.73 Å². The van der Waals surface area contributed by atoms with Crippen molar-refractivity contribution >= 4 is 23.2 Å². The molecular formula is C17H17F2N3O2. The Bertz CT molecular complexity index is 738. The van der Waals surface area contributed by atoms with Gasteiger partial charge in [-0.2, -0.15) is 0 Å². The van der Waals surface area contributed by atoms with Crippen LogP contribution in [0.4, 0.5) is 20.2 Å². The number of carbonyl (C=O) groups excluding carboxylic acids is 2. The quantitative estimate of drug-likeness (QED) is 0.909. The van der Waals surface area contributed by atoms with Gasteiger partial charge < -0.3 is 15.5 Å². The molecule has 7 heteroatoms. The topological polar surface area (TPSA) is 66.6 Å². The van der Waals surface area contributed by atoms with Crippen LogP contribution in [0.3, 0.4) is 0 Å². The standard InChI is InChI=1S/C17H17F2N3O2/c1-21(13-7-8-14(18)15(19)9-13)17(24)11-22(16(23)10-20)12-5-3-2-4-6-12/h2-9H,10-11,20H2,1H3. The second-order valence-corrected chi connectivity index (χ2v) is 5.07. The van der Waals surface area contributed by atoms with Crippen molar-refractivity contribution in [3.63, 3.8) is 0 Å². The molecule has 0 radical (unpaired) electrons. The van der Waals surface area contributed by atoms with Gasteiger partial charge >= 0.3 is 0 Å². The van der Waals surface area contributed by atoms with Crippen molar-refractivity contribution in [1.82, 2.24) is 0 Å². The number of amides is 2. The van der Waals surface area contributed by atoms with E-state index in [2.05, 4.69) is 0 Å². The number of rotatable bonds is 5. The normalized spacial score (nSPS) is 10.3. The number of hydrogen-bond donors (Lipinski definition) is 1. The van der Waals surface area contributed by atoms with E-state index in [1.165, 1.54) is 18.0 Å². The summed E-state index contributed by atoms with van der Waals surface area (Å²) in [5.74, 6) is -2.94. The van der Waals surface area contributed by atoms with Gasteiger partial charge in [0.2, 0.25) is 11.8 Å². The molecule has 2 aromatic rings. The molecule has 5 nitrogen and oxygen atoms in total. The third kappa shape index (κ3) is 3.94. The molecule has 2 aromatic carbocycles. The summed E-state index contributed by atoms with van der Waals surface area (Å²) in [5, 5.41) is 0. The van der Waals surface area contributed by atoms with E-state index in [0.29, 0.717) is 5.69 Å². The molecule has 0 aliphatic carbocycles. The molecule has 0 heterocycles. The number of halogens is 2. The molecular weight excluding hydrogens is 316 g/mol.